The second-order valence-electron chi connectivity index (χ2n) is 12.8. The Hall–Kier alpha value is -6.10. The van der Waals surface area contributed by atoms with Crippen molar-refractivity contribution in [3.63, 3.8) is 0 Å². The predicted molar refractivity (Wildman–Crippen MR) is 193 cm³/mol. The van der Waals surface area contributed by atoms with E-state index in [1.54, 1.807) is 0 Å². The Morgan fingerprint density at radius 1 is 0.538 bits per heavy atom. The number of carboxylic acids is 1. The Morgan fingerprint density at radius 3 is 1.15 bits per heavy atom. The molecular weight excluding hydrogens is 664 g/mol. The van der Waals surface area contributed by atoms with Gasteiger partial charge in [0.05, 0.1) is 6.04 Å². The first-order valence-electron chi connectivity index (χ1n) is 16.9. The number of hydrogen-bond donors (Lipinski definition) is 3. The maximum Gasteiger partial charge on any atom is 0.407 e. The highest BCUT2D eigenvalue weighted by Crippen LogP contribution is 2.45. The van der Waals surface area contributed by atoms with Crippen molar-refractivity contribution in [3.8, 4) is 22.3 Å². The van der Waals surface area contributed by atoms with Crippen LogP contribution in [-0.4, -0.2) is 65.9 Å². The molecule has 2 atom stereocenters. The van der Waals surface area contributed by atoms with E-state index in [1.165, 1.54) is 20.8 Å². The van der Waals surface area contributed by atoms with Crippen LogP contribution in [0.1, 0.15) is 67.7 Å². The van der Waals surface area contributed by atoms with Crippen LogP contribution in [0.5, 0.6) is 0 Å². The molecule has 268 valence electrons. The molecule has 2 aliphatic rings. The van der Waals surface area contributed by atoms with E-state index in [4.69, 9.17) is 14.6 Å². The van der Waals surface area contributed by atoms with Gasteiger partial charge >= 0.3 is 18.2 Å². The van der Waals surface area contributed by atoms with E-state index in [9.17, 15) is 28.8 Å². The van der Waals surface area contributed by atoms with Crippen molar-refractivity contribution in [3.05, 3.63) is 119 Å². The quantitative estimate of drug-likeness (QED) is 0.151. The standard InChI is InChI=1S/C21H21NO4.C20H19NO5/c1-13(23)11-20(14(2)24)22-21(25)26-12-19-17-9-5-3-7-15(17)16-8-4-6-10-18(16)19;1-12(22)10-18(19(23)24)21-20(25)26-11-17-15-8-4-2-6-13(15)14-7-3-5-9-16(14)17/h3-10,19-20H,11-12H2,1-2H3,(H,22,25);2-9,17-18H,10-11H2,1H3,(H,21,25)(H,23,24)/t20-;18-/m00/s1. The van der Waals surface area contributed by atoms with Crippen LogP contribution >= 0.6 is 0 Å². The summed E-state index contributed by atoms with van der Waals surface area (Å²) in [4.78, 5) is 69.2. The van der Waals surface area contributed by atoms with Gasteiger partial charge in [0.2, 0.25) is 0 Å². The van der Waals surface area contributed by atoms with E-state index < -0.39 is 30.2 Å². The van der Waals surface area contributed by atoms with E-state index in [-0.39, 0.29) is 55.2 Å². The molecule has 0 spiro atoms. The fourth-order valence-electron chi connectivity index (χ4n) is 6.64. The monoisotopic (exact) mass is 704 g/mol. The Balaban J connectivity index is 0.000000201. The number of rotatable bonds is 12. The minimum atomic E-state index is -1.29. The molecule has 0 aliphatic heterocycles. The minimum absolute atomic E-state index is 0.0282. The molecule has 2 amide bonds. The molecule has 0 fully saturated rings. The number of ketones is 3. The first-order chi connectivity index (χ1) is 24.9. The Morgan fingerprint density at radius 2 is 0.846 bits per heavy atom. The number of carbonyl (C=O) groups is 6. The molecule has 3 N–H and O–H groups in total. The van der Waals surface area contributed by atoms with Gasteiger partial charge in [-0.05, 0) is 65.3 Å². The molecule has 2 aliphatic carbocycles. The van der Waals surface area contributed by atoms with Gasteiger partial charge in [-0.1, -0.05) is 97.1 Å². The first-order valence-corrected chi connectivity index (χ1v) is 16.9. The molecule has 0 heterocycles. The minimum Gasteiger partial charge on any atom is -0.480 e. The van der Waals surface area contributed by atoms with Crippen molar-refractivity contribution in [2.45, 2.75) is 57.5 Å². The van der Waals surface area contributed by atoms with Gasteiger partial charge in [0, 0.05) is 24.7 Å². The molecule has 4 aromatic carbocycles. The molecule has 6 rings (SSSR count). The van der Waals surface area contributed by atoms with Crippen LogP contribution in [0.2, 0.25) is 0 Å². The molecule has 0 aromatic heterocycles. The number of alkyl carbamates (subject to hydrolysis) is 2. The maximum absolute atomic E-state index is 12.1. The molecule has 0 radical (unpaired) electrons. The summed E-state index contributed by atoms with van der Waals surface area (Å²) in [5.41, 5.74) is 8.89. The largest absolute Gasteiger partial charge is 0.480 e. The van der Waals surface area contributed by atoms with Gasteiger partial charge in [0.15, 0.2) is 5.78 Å². The van der Waals surface area contributed by atoms with Crippen LogP contribution in [0.25, 0.3) is 22.3 Å². The molecule has 52 heavy (non-hydrogen) atoms. The third kappa shape index (κ3) is 8.79. The van der Waals surface area contributed by atoms with Gasteiger partial charge in [-0.25, -0.2) is 14.4 Å². The summed E-state index contributed by atoms with van der Waals surface area (Å²) < 4.78 is 10.7. The SMILES string of the molecule is CC(=O)C[C@H](NC(=O)OCC1c2ccccc2-c2ccccc21)C(=O)O.CC(=O)C[C@H](NC(=O)OCC1c2ccccc2-c2ccccc21)C(C)=O. The van der Waals surface area contributed by atoms with Crippen molar-refractivity contribution in [2.24, 2.45) is 0 Å². The number of carboxylic acid groups (broad SMARTS) is 1. The van der Waals surface area contributed by atoms with Gasteiger partial charge in [0.25, 0.3) is 0 Å². The van der Waals surface area contributed by atoms with Crippen LogP contribution in [0.3, 0.4) is 0 Å². The summed E-state index contributed by atoms with van der Waals surface area (Å²) in [5, 5.41) is 13.8. The lowest BCUT2D eigenvalue weighted by atomic mass is 9.98. The van der Waals surface area contributed by atoms with E-state index in [2.05, 4.69) is 22.8 Å². The molecule has 11 heteroatoms. The normalized spacial score (nSPS) is 13.4. The van der Waals surface area contributed by atoms with Crippen LogP contribution in [0, 0.1) is 0 Å². The van der Waals surface area contributed by atoms with Crippen LogP contribution in [0.15, 0.2) is 97.1 Å². The summed E-state index contributed by atoms with van der Waals surface area (Å²) in [6.07, 6.45) is -1.84. The first kappa shape index (κ1) is 37.2. The van der Waals surface area contributed by atoms with Crippen molar-refractivity contribution in [1.29, 1.82) is 0 Å². The third-order valence-corrected chi connectivity index (χ3v) is 9.04. The lowest BCUT2D eigenvalue weighted by Gasteiger charge is -2.17. The summed E-state index contributed by atoms with van der Waals surface area (Å²) in [7, 11) is 0. The summed E-state index contributed by atoms with van der Waals surface area (Å²) in [5.74, 6) is -2.18. The highest BCUT2D eigenvalue weighted by Gasteiger charge is 2.31. The zero-order valence-corrected chi connectivity index (χ0v) is 29.1. The second kappa shape index (κ2) is 16.7. The van der Waals surface area contributed by atoms with E-state index in [1.807, 2.05) is 84.9 Å². The maximum atomic E-state index is 12.1. The summed E-state index contributed by atoms with van der Waals surface area (Å²) in [6.45, 7) is 4.26. The molecule has 0 saturated heterocycles. The lowest BCUT2D eigenvalue weighted by Crippen LogP contribution is -2.42. The average molecular weight is 705 g/mol. The van der Waals surface area contributed by atoms with Gasteiger partial charge in [0.1, 0.15) is 30.8 Å². The van der Waals surface area contributed by atoms with Crippen molar-refractivity contribution in [2.75, 3.05) is 13.2 Å². The molecule has 4 aromatic rings. The molecule has 11 nitrogen and oxygen atoms in total. The second-order valence-corrected chi connectivity index (χ2v) is 12.8. The van der Waals surface area contributed by atoms with E-state index in [0.717, 1.165) is 44.5 Å². The number of benzene rings is 4. The highest BCUT2D eigenvalue weighted by atomic mass is 16.6. The molecule has 0 saturated carbocycles. The Kier molecular flexibility index (Phi) is 12.0. The van der Waals surface area contributed by atoms with E-state index in [0.29, 0.717) is 0 Å². The van der Waals surface area contributed by atoms with Crippen LogP contribution < -0.4 is 10.6 Å². The fraction of sp³-hybridized carbons (Fsp3) is 0.268. The molecule has 0 bridgehead atoms. The fourth-order valence-corrected chi connectivity index (χ4v) is 6.64. The molecule has 0 unspecified atom stereocenters. The molecular formula is C41H40N2O9. The number of Topliss-reactive ketones (excluding diaryl/α,β-unsaturated/α-hetero) is 3. The van der Waals surface area contributed by atoms with Crippen LogP contribution in [0.4, 0.5) is 9.59 Å². The predicted octanol–water partition coefficient (Wildman–Crippen LogP) is 6.42. The van der Waals surface area contributed by atoms with Gasteiger partial charge < -0.3 is 25.2 Å². The number of nitrogens with one attached hydrogen (secondary N) is 2. The van der Waals surface area contributed by atoms with Gasteiger partial charge in [-0.2, -0.15) is 0 Å². The van der Waals surface area contributed by atoms with Gasteiger partial charge in [-0.3, -0.25) is 14.4 Å². The smallest absolute Gasteiger partial charge is 0.407 e. The number of fused-ring (bicyclic) bond motifs is 6. The van der Waals surface area contributed by atoms with Crippen molar-refractivity contribution < 1.29 is 43.3 Å². The highest BCUT2D eigenvalue weighted by molar-refractivity contribution is 5.91. The number of amides is 2. The number of carbonyl (C=O) groups excluding carboxylic acids is 5. The van der Waals surface area contributed by atoms with Gasteiger partial charge in [-0.15, -0.1) is 0 Å². The lowest BCUT2D eigenvalue weighted by molar-refractivity contribution is -0.141. The number of hydrogen-bond acceptors (Lipinski definition) is 8. The zero-order chi connectivity index (χ0) is 37.4. The van der Waals surface area contributed by atoms with E-state index >= 15 is 0 Å². The summed E-state index contributed by atoms with van der Waals surface area (Å²) >= 11 is 0. The van der Waals surface area contributed by atoms with Crippen LogP contribution in [-0.2, 0) is 28.7 Å². The Labute approximate surface area is 301 Å². The third-order valence-electron chi connectivity index (χ3n) is 9.04. The summed E-state index contributed by atoms with van der Waals surface area (Å²) in [6, 6.07) is 29.8. The van der Waals surface area contributed by atoms with Crippen molar-refractivity contribution in [1.82, 2.24) is 10.6 Å². The number of ether oxygens (including phenoxy) is 2. The zero-order valence-electron chi connectivity index (χ0n) is 29.1. The number of aliphatic carboxylic acids is 1. The van der Waals surface area contributed by atoms with Crippen molar-refractivity contribution >= 4 is 35.5 Å². The Bertz CT molecular complexity index is 1770. The topological polar surface area (TPSA) is 165 Å². The average Bonchev–Trinajstić information content (AvgIpc) is 3.61.